The van der Waals surface area contributed by atoms with Crippen molar-refractivity contribution in [1.29, 1.82) is 0 Å². The third kappa shape index (κ3) is 5.55. The Morgan fingerprint density at radius 1 is 1.05 bits per heavy atom. The number of allylic oxidation sites excluding steroid dienone is 2. The molecule has 214 valence electrons. The van der Waals surface area contributed by atoms with Gasteiger partial charge in [-0.1, -0.05) is 42.8 Å². The van der Waals surface area contributed by atoms with Gasteiger partial charge in [-0.15, -0.1) is 0 Å². The SMILES string of the molecule is O=C(N1CCCC1CO)C1(OCC2CCN(CC3(C(F)(F)F)CCC3)CC2)C=CC(c2ccccc2)C=C1F. The zero-order valence-corrected chi connectivity index (χ0v) is 22.2. The number of hydrogen-bond donors (Lipinski definition) is 1. The highest BCUT2D eigenvalue weighted by molar-refractivity contribution is 5.91. The van der Waals surface area contributed by atoms with Crippen LogP contribution in [0.1, 0.15) is 56.4 Å². The predicted octanol–water partition coefficient (Wildman–Crippen LogP) is 5.38. The van der Waals surface area contributed by atoms with Gasteiger partial charge in [-0.3, -0.25) is 4.79 Å². The average molecular weight is 551 g/mol. The first kappa shape index (κ1) is 28.3. The Hall–Kier alpha value is -2.23. The highest BCUT2D eigenvalue weighted by Crippen LogP contribution is 2.53. The molecule has 2 aliphatic heterocycles. The first-order valence-electron chi connectivity index (χ1n) is 14.1. The van der Waals surface area contributed by atoms with E-state index >= 15 is 4.39 Å². The lowest BCUT2D eigenvalue weighted by Crippen LogP contribution is -2.54. The average Bonchev–Trinajstić information content (AvgIpc) is 3.39. The van der Waals surface area contributed by atoms with Crippen molar-refractivity contribution in [3.63, 3.8) is 0 Å². The zero-order chi connectivity index (χ0) is 27.7. The fraction of sp³-hybridized carbons (Fsp3) is 0.633. The van der Waals surface area contributed by atoms with Crippen LogP contribution in [-0.4, -0.2) is 78.0 Å². The Balaban J connectivity index is 1.27. The van der Waals surface area contributed by atoms with E-state index < -0.39 is 28.9 Å². The number of amides is 1. The van der Waals surface area contributed by atoms with E-state index in [-0.39, 0.29) is 50.5 Å². The van der Waals surface area contributed by atoms with Gasteiger partial charge in [0.15, 0.2) is 0 Å². The van der Waals surface area contributed by atoms with Crippen molar-refractivity contribution in [2.24, 2.45) is 11.3 Å². The van der Waals surface area contributed by atoms with E-state index in [1.54, 1.807) is 6.08 Å². The number of benzene rings is 1. The number of ether oxygens (including phenoxy) is 1. The van der Waals surface area contributed by atoms with Gasteiger partial charge in [0.2, 0.25) is 5.60 Å². The molecule has 3 unspecified atom stereocenters. The molecule has 1 N–H and O–H groups in total. The van der Waals surface area contributed by atoms with E-state index in [0.29, 0.717) is 45.3 Å². The number of carbonyl (C=O) groups is 1. The molecule has 1 amide bonds. The van der Waals surface area contributed by atoms with Crippen molar-refractivity contribution in [1.82, 2.24) is 9.80 Å². The maximum absolute atomic E-state index is 16.0. The van der Waals surface area contributed by atoms with Crippen LogP contribution in [-0.2, 0) is 9.53 Å². The van der Waals surface area contributed by atoms with Crippen molar-refractivity contribution in [2.75, 3.05) is 39.4 Å². The number of nitrogens with zero attached hydrogens (tertiary/aromatic N) is 2. The molecule has 4 aliphatic rings. The Kier molecular flexibility index (Phi) is 8.23. The van der Waals surface area contributed by atoms with Crippen molar-refractivity contribution in [3.05, 3.63) is 60.0 Å². The van der Waals surface area contributed by atoms with Gasteiger partial charge in [0, 0.05) is 19.0 Å². The summed E-state index contributed by atoms with van der Waals surface area (Å²) in [6.07, 6.45) is 4.19. The zero-order valence-electron chi connectivity index (χ0n) is 22.2. The molecule has 3 fully saturated rings. The van der Waals surface area contributed by atoms with E-state index in [1.165, 1.54) is 17.1 Å². The number of carbonyl (C=O) groups excluding carboxylic acids is 1. The maximum Gasteiger partial charge on any atom is 0.395 e. The summed E-state index contributed by atoms with van der Waals surface area (Å²) in [7, 11) is 0. The summed E-state index contributed by atoms with van der Waals surface area (Å²) in [5.41, 5.74) is -2.58. The maximum atomic E-state index is 16.0. The van der Waals surface area contributed by atoms with Crippen molar-refractivity contribution in [3.8, 4) is 0 Å². The summed E-state index contributed by atoms with van der Waals surface area (Å²) in [4.78, 5) is 17.2. The van der Waals surface area contributed by atoms with Crippen molar-refractivity contribution in [2.45, 2.75) is 68.7 Å². The second-order valence-electron chi connectivity index (χ2n) is 11.7. The van der Waals surface area contributed by atoms with Gasteiger partial charge in [0.1, 0.15) is 5.83 Å². The number of aliphatic hydroxyl groups excluding tert-OH is 1. The summed E-state index contributed by atoms with van der Waals surface area (Å²) in [5, 5.41) is 9.80. The number of rotatable bonds is 8. The van der Waals surface area contributed by atoms with E-state index in [1.807, 2.05) is 35.2 Å². The number of aliphatic hydroxyl groups is 1. The second-order valence-corrected chi connectivity index (χ2v) is 11.7. The Morgan fingerprint density at radius 3 is 2.36 bits per heavy atom. The molecule has 0 bridgehead atoms. The van der Waals surface area contributed by atoms with E-state index in [2.05, 4.69) is 0 Å². The number of likely N-dealkylation sites (tertiary alicyclic amines) is 2. The number of alkyl halides is 3. The highest BCUT2D eigenvalue weighted by atomic mass is 19.4. The van der Waals surface area contributed by atoms with Gasteiger partial charge < -0.3 is 19.6 Å². The third-order valence-electron chi connectivity index (χ3n) is 9.26. The van der Waals surface area contributed by atoms with Crippen molar-refractivity contribution >= 4 is 5.91 Å². The molecule has 2 heterocycles. The smallest absolute Gasteiger partial charge is 0.394 e. The molecule has 9 heteroatoms. The molecule has 1 saturated carbocycles. The second kappa shape index (κ2) is 11.3. The molecule has 1 aromatic rings. The minimum atomic E-state index is -4.19. The van der Waals surface area contributed by atoms with Crippen LogP contribution in [0.2, 0.25) is 0 Å². The molecule has 39 heavy (non-hydrogen) atoms. The molecule has 0 spiro atoms. The molecule has 2 saturated heterocycles. The summed E-state index contributed by atoms with van der Waals surface area (Å²) >= 11 is 0. The minimum absolute atomic E-state index is 0.00872. The lowest BCUT2D eigenvalue weighted by atomic mass is 9.67. The van der Waals surface area contributed by atoms with Gasteiger partial charge in [-0.2, -0.15) is 13.2 Å². The fourth-order valence-corrected chi connectivity index (χ4v) is 6.52. The summed E-state index contributed by atoms with van der Waals surface area (Å²) < 4.78 is 63.1. The summed E-state index contributed by atoms with van der Waals surface area (Å²) in [5.74, 6) is -1.50. The minimum Gasteiger partial charge on any atom is -0.394 e. The van der Waals surface area contributed by atoms with Crippen LogP contribution in [0.25, 0.3) is 0 Å². The molecule has 2 aliphatic carbocycles. The standard InChI is InChI=1S/C30H38F4N2O3/c31-26-18-24(23-6-2-1-3-7-23)9-14-29(26,27(38)36-15-4-8-25(36)19-37)39-20-22-10-16-35(17-11-22)21-28(12-5-13-28)30(32,33)34/h1-3,6-7,9,14,18,22,24-25,37H,4-5,8,10-13,15-17,19-21H2. The normalized spacial score (nSPS) is 29.8. The monoisotopic (exact) mass is 550 g/mol. The van der Waals surface area contributed by atoms with Crippen LogP contribution >= 0.6 is 0 Å². The molecule has 5 rings (SSSR count). The van der Waals surface area contributed by atoms with Gasteiger partial charge in [0.05, 0.1) is 24.7 Å². The van der Waals surface area contributed by atoms with Gasteiger partial charge in [-0.05, 0) is 75.2 Å². The lowest BCUT2D eigenvalue weighted by Gasteiger charge is -2.47. The van der Waals surface area contributed by atoms with Crippen LogP contribution in [0.15, 0.2) is 54.4 Å². The van der Waals surface area contributed by atoms with Gasteiger partial charge in [0.25, 0.3) is 5.91 Å². The molecule has 3 atom stereocenters. The van der Waals surface area contributed by atoms with Crippen LogP contribution in [0.3, 0.4) is 0 Å². The molecule has 1 aromatic carbocycles. The highest BCUT2D eigenvalue weighted by Gasteiger charge is 2.58. The van der Waals surface area contributed by atoms with Gasteiger partial charge >= 0.3 is 6.18 Å². The van der Waals surface area contributed by atoms with Crippen LogP contribution in [0.4, 0.5) is 17.6 Å². The molecule has 0 radical (unpaired) electrons. The first-order valence-corrected chi connectivity index (χ1v) is 14.1. The van der Waals surface area contributed by atoms with Crippen molar-refractivity contribution < 1.29 is 32.2 Å². The van der Waals surface area contributed by atoms with Crippen LogP contribution in [0, 0.1) is 11.3 Å². The van der Waals surface area contributed by atoms with E-state index in [4.69, 9.17) is 4.74 Å². The molecular weight excluding hydrogens is 512 g/mol. The molecule has 5 nitrogen and oxygen atoms in total. The topological polar surface area (TPSA) is 53.0 Å². The van der Waals surface area contributed by atoms with E-state index in [9.17, 15) is 23.1 Å². The number of hydrogen-bond acceptors (Lipinski definition) is 4. The number of piperidine rings is 1. The Labute approximate surface area is 227 Å². The molecular formula is C30H38F4N2O3. The Morgan fingerprint density at radius 2 is 1.77 bits per heavy atom. The van der Waals surface area contributed by atoms with Gasteiger partial charge in [-0.25, -0.2) is 4.39 Å². The van der Waals surface area contributed by atoms with Crippen LogP contribution < -0.4 is 0 Å². The van der Waals surface area contributed by atoms with Crippen LogP contribution in [0.5, 0.6) is 0 Å². The Bertz CT molecular complexity index is 1060. The first-order chi connectivity index (χ1) is 18.7. The largest absolute Gasteiger partial charge is 0.395 e. The molecule has 0 aromatic heterocycles. The quantitative estimate of drug-likeness (QED) is 0.349. The number of halogens is 4. The third-order valence-corrected chi connectivity index (χ3v) is 9.26. The predicted molar refractivity (Wildman–Crippen MR) is 140 cm³/mol. The summed E-state index contributed by atoms with van der Waals surface area (Å²) in [6.45, 7) is 1.44. The fourth-order valence-electron chi connectivity index (χ4n) is 6.52. The summed E-state index contributed by atoms with van der Waals surface area (Å²) in [6, 6.07) is 9.07. The lowest BCUT2D eigenvalue weighted by molar-refractivity contribution is -0.256. The van der Waals surface area contributed by atoms with E-state index in [0.717, 1.165) is 12.0 Å².